The van der Waals surface area contributed by atoms with Crippen LogP contribution in [0.4, 0.5) is 13.2 Å². The van der Waals surface area contributed by atoms with Gasteiger partial charge in [0.2, 0.25) is 0 Å². The van der Waals surface area contributed by atoms with Gasteiger partial charge in [0.1, 0.15) is 5.82 Å². The molecule has 0 spiro atoms. The first-order valence-corrected chi connectivity index (χ1v) is 8.84. The van der Waals surface area contributed by atoms with Gasteiger partial charge in [0.25, 0.3) is 0 Å². The maximum absolute atomic E-state index is 14.0. The molecule has 1 aromatic carbocycles. The summed E-state index contributed by atoms with van der Waals surface area (Å²) in [4.78, 5) is 2.31. The second-order valence-electron chi connectivity index (χ2n) is 6.38. The van der Waals surface area contributed by atoms with E-state index in [9.17, 15) is 13.2 Å². The maximum atomic E-state index is 14.0. The first-order chi connectivity index (χ1) is 11.5. The lowest BCUT2D eigenvalue weighted by Gasteiger charge is -2.38. The van der Waals surface area contributed by atoms with Gasteiger partial charge in [0.05, 0.1) is 11.9 Å². The van der Waals surface area contributed by atoms with Gasteiger partial charge in [-0.25, -0.2) is 13.2 Å². The number of rotatable bonds is 2. The molecule has 1 fully saturated rings. The minimum Gasteiger partial charge on any atom is -0.326 e. The second-order valence-corrected chi connectivity index (χ2v) is 7.55. The molecule has 0 amide bonds. The van der Waals surface area contributed by atoms with Crippen molar-refractivity contribution in [2.24, 2.45) is 5.73 Å². The van der Waals surface area contributed by atoms with Gasteiger partial charge in [-0.05, 0) is 12.5 Å². The average Bonchev–Trinajstić information content (AvgIpc) is 3.12. The number of benzene rings is 1. The molecule has 4 rings (SSSR count). The molecule has 3 heterocycles. The molecule has 3 atom stereocenters. The number of H-pyrrole nitrogens is 1. The highest BCUT2D eigenvalue weighted by molar-refractivity contribution is 7.99. The van der Waals surface area contributed by atoms with Gasteiger partial charge in [-0.3, -0.25) is 10.00 Å². The molecule has 0 bridgehead atoms. The fraction of sp³-hybridized carbons (Fsp3) is 0.438. The topological polar surface area (TPSA) is 57.9 Å². The van der Waals surface area contributed by atoms with E-state index in [0.29, 0.717) is 12.5 Å². The van der Waals surface area contributed by atoms with E-state index in [4.69, 9.17) is 5.73 Å². The zero-order valence-electron chi connectivity index (χ0n) is 12.8. The van der Waals surface area contributed by atoms with Crippen LogP contribution < -0.4 is 5.73 Å². The molecule has 128 valence electrons. The highest BCUT2D eigenvalue weighted by atomic mass is 32.2. The molecule has 0 radical (unpaired) electrons. The predicted octanol–water partition coefficient (Wildman–Crippen LogP) is 2.72. The van der Waals surface area contributed by atoms with Crippen LogP contribution in [0, 0.1) is 17.5 Å². The first kappa shape index (κ1) is 16.0. The monoisotopic (exact) mass is 354 g/mol. The van der Waals surface area contributed by atoms with E-state index in [1.807, 2.05) is 6.20 Å². The number of hydrogen-bond donors (Lipinski definition) is 2. The van der Waals surface area contributed by atoms with Crippen LogP contribution in [0.15, 0.2) is 18.3 Å². The molecule has 3 N–H and O–H groups in total. The Balaban J connectivity index is 1.48. The van der Waals surface area contributed by atoms with Crippen molar-refractivity contribution in [3.63, 3.8) is 0 Å². The molecule has 2 aliphatic rings. The molecule has 0 aliphatic carbocycles. The lowest BCUT2D eigenvalue weighted by Crippen LogP contribution is -2.44. The molecule has 2 aliphatic heterocycles. The van der Waals surface area contributed by atoms with Crippen molar-refractivity contribution in [3.8, 4) is 0 Å². The van der Waals surface area contributed by atoms with Gasteiger partial charge in [0.15, 0.2) is 11.6 Å². The summed E-state index contributed by atoms with van der Waals surface area (Å²) in [5, 5.41) is 6.58. The molecule has 4 nitrogen and oxygen atoms in total. The Morgan fingerprint density at radius 2 is 2.08 bits per heavy atom. The van der Waals surface area contributed by atoms with E-state index in [-0.39, 0.29) is 17.6 Å². The summed E-state index contributed by atoms with van der Waals surface area (Å²) in [5.41, 5.74) is 8.57. The minimum absolute atomic E-state index is 0.0271. The van der Waals surface area contributed by atoms with E-state index in [2.05, 4.69) is 15.1 Å². The Bertz CT molecular complexity index is 745. The number of fused-ring (bicyclic) bond motifs is 1. The number of nitrogens with zero attached hydrogens (tertiary/aromatic N) is 2. The quantitative estimate of drug-likeness (QED) is 0.815. The number of halogens is 3. The standard InChI is InChI=1S/C16H17F3N4S/c17-9-1-11(15(19)12(18)2-9)16-13(20)3-10(7-24-16)23-5-8-4-21-22-14(8)6-23/h1-2,4,10,13,16H,3,5-7,20H2,(H,21,22)/t10-,13+,16-/m1/s1. The maximum Gasteiger partial charge on any atom is 0.163 e. The molecule has 0 saturated carbocycles. The molecular weight excluding hydrogens is 337 g/mol. The van der Waals surface area contributed by atoms with Gasteiger partial charge in [-0.1, -0.05) is 0 Å². The van der Waals surface area contributed by atoms with Crippen molar-refractivity contribution in [2.45, 2.75) is 36.8 Å². The number of hydrogen-bond acceptors (Lipinski definition) is 4. The van der Waals surface area contributed by atoms with E-state index >= 15 is 0 Å². The summed E-state index contributed by atoms with van der Waals surface area (Å²) in [5.74, 6) is -2.19. The highest BCUT2D eigenvalue weighted by Gasteiger charge is 2.36. The summed E-state index contributed by atoms with van der Waals surface area (Å²) in [6, 6.07) is 1.51. The van der Waals surface area contributed by atoms with Crippen LogP contribution in [0.25, 0.3) is 0 Å². The van der Waals surface area contributed by atoms with Crippen molar-refractivity contribution < 1.29 is 13.2 Å². The van der Waals surface area contributed by atoms with Crippen molar-refractivity contribution in [3.05, 3.63) is 52.6 Å². The van der Waals surface area contributed by atoms with Crippen LogP contribution in [-0.2, 0) is 13.1 Å². The summed E-state index contributed by atoms with van der Waals surface area (Å²) in [7, 11) is 0. The van der Waals surface area contributed by atoms with E-state index in [0.717, 1.165) is 30.6 Å². The fourth-order valence-electron chi connectivity index (χ4n) is 3.55. The molecule has 0 unspecified atom stereocenters. The van der Waals surface area contributed by atoms with E-state index < -0.39 is 22.7 Å². The summed E-state index contributed by atoms with van der Waals surface area (Å²) < 4.78 is 41.0. The van der Waals surface area contributed by atoms with Crippen molar-refractivity contribution in [1.29, 1.82) is 0 Å². The predicted molar refractivity (Wildman–Crippen MR) is 85.7 cm³/mol. The molecule has 1 aromatic heterocycles. The summed E-state index contributed by atoms with van der Waals surface area (Å²) in [6.07, 6.45) is 2.49. The third-order valence-corrected chi connectivity index (χ3v) is 6.33. The number of nitrogens with two attached hydrogens (primary N) is 1. The fourth-order valence-corrected chi connectivity index (χ4v) is 5.03. The zero-order chi connectivity index (χ0) is 16.8. The second kappa shape index (κ2) is 6.09. The number of thioether (sulfide) groups is 1. The lowest BCUT2D eigenvalue weighted by molar-refractivity contribution is 0.190. The Hall–Kier alpha value is -1.51. The van der Waals surface area contributed by atoms with Gasteiger partial charge in [0, 0.05) is 53.4 Å². The van der Waals surface area contributed by atoms with Crippen molar-refractivity contribution in [1.82, 2.24) is 15.1 Å². The Morgan fingerprint density at radius 1 is 1.25 bits per heavy atom. The minimum atomic E-state index is -1.16. The lowest BCUT2D eigenvalue weighted by atomic mass is 9.98. The summed E-state index contributed by atoms with van der Waals surface area (Å²) in [6.45, 7) is 1.61. The van der Waals surface area contributed by atoms with E-state index in [1.54, 1.807) is 0 Å². The smallest absolute Gasteiger partial charge is 0.163 e. The molecule has 1 saturated heterocycles. The number of aromatic amines is 1. The van der Waals surface area contributed by atoms with Gasteiger partial charge in [-0.15, -0.1) is 0 Å². The Labute approximate surface area is 141 Å². The van der Waals surface area contributed by atoms with Crippen molar-refractivity contribution in [2.75, 3.05) is 5.75 Å². The first-order valence-electron chi connectivity index (χ1n) is 7.79. The third-order valence-electron chi connectivity index (χ3n) is 4.79. The van der Waals surface area contributed by atoms with Crippen LogP contribution >= 0.6 is 11.8 Å². The summed E-state index contributed by atoms with van der Waals surface area (Å²) >= 11 is 1.47. The van der Waals surface area contributed by atoms with Crippen LogP contribution in [0.3, 0.4) is 0 Å². The van der Waals surface area contributed by atoms with Crippen LogP contribution in [0.2, 0.25) is 0 Å². The van der Waals surface area contributed by atoms with Crippen LogP contribution in [0.1, 0.15) is 28.5 Å². The van der Waals surface area contributed by atoms with Gasteiger partial charge < -0.3 is 5.73 Å². The Morgan fingerprint density at radius 3 is 2.83 bits per heavy atom. The number of nitrogens with one attached hydrogen (secondary N) is 1. The van der Waals surface area contributed by atoms with Gasteiger partial charge in [-0.2, -0.15) is 16.9 Å². The van der Waals surface area contributed by atoms with Crippen molar-refractivity contribution >= 4 is 11.8 Å². The normalized spacial score (nSPS) is 27.4. The van der Waals surface area contributed by atoms with Crippen LogP contribution in [0.5, 0.6) is 0 Å². The number of aromatic nitrogens is 2. The Kier molecular flexibility index (Phi) is 4.06. The van der Waals surface area contributed by atoms with E-state index in [1.165, 1.54) is 17.3 Å². The largest absolute Gasteiger partial charge is 0.326 e. The van der Waals surface area contributed by atoms with Crippen LogP contribution in [-0.4, -0.2) is 32.9 Å². The molecule has 2 aromatic rings. The molecular formula is C16H17F3N4S. The molecule has 24 heavy (non-hydrogen) atoms. The SMILES string of the molecule is N[C@H]1C[C@@H](N2Cc3cn[nH]c3C2)CS[C@@H]1c1cc(F)cc(F)c1F. The average molecular weight is 354 g/mol. The molecule has 8 heteroatoms. The van der Waals surface area contributed by atoms with Gasteiger partial charge >= 0.3 is 0 Å². The highest BCUT2D eigenvalue weighted by Crippen LogP contribution is 2.42. The zero-order valence-corrected chi connectivity index (χ0v) is 13.6. The third kappa shape index (κ3) is 2.72.